The summed E-state index contributed by atoms with van der Waals surface area (Å²) >= 11 is -1.65. The van der Waals surface area contributed by atoms with Crippen molar-refractivity contribution in [2.24, 2.45) is 5.73 Å². The molecule has 0 spiro atoms. The summed E-state index contributed by atoms with van der Waals surface area (Å²) in [4.78, 5) is 11.8. The molecule has 1 amide bonds. The molecule has 1 aliphatic carbocycles. The van der Waals surface area contributed by atoms with Crippen LogP contribution in [0.5, 0.6) is 0 Å². The Balaban J connectivity index is 0.000000351. The fourth-order valence-corrected chi connectivity index (χ4v) is 3.07. The number of carbonyl (C=O) groups excluding carboxylic acids is 1. The minimum atomic E-state index is -1.65. The van der Waals surface area contributed by atoms with Crippen molar-refractivity contribution >= 4 is 17.0 Å². The number of nitrogens with two attached hydrogens (primary N) is 1. The van der Waals surface area contributed by atoms with Gasteiger partial charge in [-0.05, 0) is 37.8 Å². The van der Waals surface area contributed by atoms with Crippen LogP contribution in [0.25, 0.3) is 0 Å². The Kier molecular flexibility index (Phi) is 11.4. The van der Waals surface area contributed by atoms with Crippen molar-refractivity contribution in [2.75, 3.05) is 12.3 Å². The van der Waals surface area contributed by atoms with E-state index in [1.165, 1.54) is 24.8 Å². The van der Waals surface area contributed by atoms with Gasteiger partial charge in [-0.15, -0.1) is 0 Å². The highest BCUT2D eigenvalue weighted by atomic mass is 32.2. The van der Waals surface area contributed by atoms with Gasteiger partial charge in [0.1, 0.15) is 0 Å². The first-order valence-corrected chi connectivity index (χ1v) is 10.00. The predicted octanol–water partition coefficient (Wildman–Crippen LogP) is 2.62. The molecule has 1 aromatic rings. The summed E-state index contributed by atoms with van der Waals surface area (Å²) in [6.45, 7) is 0.492. The van der Waals surface area contributed by atoms with Gasteiger partial charge in [0.15, 0.2) is 11.1 Å². The second-order valence-corrected chi connectivity index (χ2v) is 7.11. The van der Waals surface area contributed by atoms with Crippen LogP contribution in [0, 0.1) is 0 Å². The number of hydrogen-bond donors (Lipinski definition) is 3. The molecule has 0 radical (unpaired) electrons. The lowest BCUT2D eigenvalue weighted by Gasteiger charge is -2.22. The number of carbonyl (C=O) groups is 1. The summed E-state index contributed by atoms with van der Waals surface area (Å²) in [5.74, 6) is 0.511. The molecule has 0 aromatic heterocycles. The maximum Gasteiger partial charge on any atom is 0.220 e. The highest BCUT2D eigenvalue weighted by Gasteiger charge is 2.15. The van der Waals surface area contributed by atoms with Crippen LogP contribution in [-0.2, 0) is 22.3 Å². The molecule has 1 aliphatic rings. The van der Waals surface area contributed by atoms with Crippen LogP contribution in [-0.4, -0.2) is 33.0 Å². The molecule has 6 heteroatoms. The number of aryl methyl sites for hydroxylation is 1. The van der Waals surface area contributed by atoms with E-state index in [2.05, 4.69) is 17.4 Å². The standard InChI is InChI=1S/C15H21NO.C3H9NO2S/c17-15(16-14-9-5-2-6-10-14)12-11-13-7-3-1-4-8-13;4-2-1-3-7(5)6/h1,3-4,7-8,14H,2,5-6,9-12H2,(H,16,17);1-4H2,(H,5,6). The van der Waals surface area contributed by atoms with E-state index in [0.717, 1.165) is 19.3 Å². The lowest BCUT2D eigenvalue weighted by atomic mass is 9.95. The first-order chi connectivity index (χ1) is 11.6. The van der Waals surface area contributed by atoms with Crippen molar-refractivity contribution in [3.8, 4) is 0 Å². The van der Waals surface area contributed by atoms with E-state index < -0.39 is 11.1 Å². The van der Waals surface area contributed by atoms with Crippen molar-refractivity contribution in [3.05, 3.63) is 35.9 Å². The monoisotopic (exact) mass is 354 g/mol. The normalized spacial score (nSPS) is 15.9. The van der Waals surface area contributed by atoms with Crippen LogP contribution >= 0.6 is 0 Å². The SMILES string of the molecule is NCCCS(=O)O.O=C(CCc1ccccc1)NC1CCCCC1. The van der Waals surface area contributed by atoms with Crippen molar-refractivity contribution in [3.63, 3.8) is 0 Å². The van der Waals surface area contributed by atoms with Gasteiger partial charge in [-0.25, -0.2) is 4.21 Å². The summed E-state index contributed by atoms with van der Waals surface area (Å²) in [5.41, 5.74) is 6.27. The smallest absolute Gasteiger partial charge is 0.220 e. The Hall–Kier alpha value is -1.24. The maximum absolute atomic E-state index is 11.8. The fourth-order valence-electron chi connectivity index (χ4n) is 2.66. The van der Waals surface area contributed by atoms with E-state index in [0.29, 0.717) is 31.2 Å². The first kappa shape index (κ1) is 20.8. The molecule has 0 heterocycles. The van der Waals surface area contributed by atoms with Gasteiger partial charge in [0, 0.05) is 12.5 Å². The second kappa shape index (κ2) is 13.1. The van der Waals surface area contributed by atoms with Crippen LogP contribution in [0.3, 0.4) is 0 Å². The number of hydrogen-bond acceptors (Lipinski definition) is 3. The molecule has 1 aromatic carbocycles. The van der Waals surface area contributed by atoms with Gasteiger partial charge < -0.3 is 15.6 Å². The zero-order valence-corrected chi connectivity index (χ0v) is 15.1. The van der Waals surface area contributed by atoms with Crippen molar-refractivity contribution in [1.29, 1.82) is 0 Å². The Morgan fingerprint density at radius 2 is 1.88 bits per heavy atom. The van der Waals surface area contributed by atoms with Crippen LogP contribution in [0.2, 0.25) is 0 Å². The molecule has 1 fully saturated rings. The third-order valence-corrected chi connectivity index (χ3v) is 4.61. The number of nitrogens with one attached hydrogen (secondary N) is 1. The van der Waals surface area contributed by atoms with E-state index in [1.54, 1.807) is 0 Å². The third-order valence-electron chi connectivity index (χ3n) is 3.98. The van der Waals surface area contributed by atoms with Gasteiger partial charge in [-0.3, -0.25) is 4.79 Å². The molecule has 4 N–H and O–H groups in total. The number of rotatable bonds is 7. The zero-order chi connectivity index (χ0) is 17.6. The van der Waals surface area contributed by atoms with Gasteiger partial charge in [-0.2, -0.15) is 0 Å². The molecule has 24 heavy (non-hydrogen) atoms. The van der Waals surface area contributed by atoms with Crippen LogP contribution in [0.1, 0.15) is 50.5 Å². The Morgan fingerprint density at radius 3 is 2.42 bits per heavy atom. The van der Waals surface area contributed by atoms with Gasteiger partial charge in [0.25, 0.3) is 0 Å². The zero-order valence-electron chi connectivity index (χ0n) is 14.3. The van der Waals surface area contributed by atoms with Crippen LogP contribution < -0.4 is 11.1 Å². The van der Waals surface area contributed by atoms with E-state index >= 15 is 0 Å². The number of benzene rings is 1. The molecule has 1 unspecified atom stereocenters. The average Bonchev–Trinajstić information content (AvgIpc) is 2.60. The van der Waals surface area contributed by atoms with Gasteiger partial charge in [0.05, 0.1) is 5.75 Å². The quantitative estimate of drug-likeness (QED) is 0.656. The summed E-state index contributed by atoms with van der Waals surface area (Å²) in [6, 6.07) is 10.6. The minimum absolute atomic E-state index is 0.209. The molecule has 0 aliphatic heterocycles. The van der Waals surface area contributed by atoms with Gasteiger partial charge in [-0.1, -0.05) is 49.6 Å². The largest absolute Gasteiger partial charge is 0.353 e. The summed E-state index contributed by atoms with van der Waals surface area (Å²) in [5, 5.41) is 3.15. The number of amides is 1. The molecular weight excluding hydrogens is 324 g/mol. The molecule has 136 valence electrons. The molecule has 1 atom stereocenters. The second-order valence-electron chi connectivity index (χ2n) is 6.06. The third kappa shape index (κ3) is 10.5. The van der Waals surface area contributed by atoms with E-state index in [-0.39, 0.29) is 5.91 Å². The fraction of sp³-hybridized carbons (Fsp3) is 0.611. The summed E-state index contributed by atoms with van der Waals surface area (Å²) in [6.07, 6.45) is 8.28. The topological polar surface area (TPSA) is 92.4 Å². The van der Waals surface area contributed by atoms with Crippen LogP contribution in [0.4, 0.5) is 0 Å². The molecule has 0 bridgehead atoms. The predicted molar refractivity (Wildman–Crippen MR) is 99.1 cm³/mol. The van der Waals surface area contributed by atoms with E-state index in [9.17, 15) is 9.00 Å². The first-order valence-electron chi connectivity index (χ1n) is 8.72. The maximum atomic E-state index is 11.8. The Morgan fingerprint density at radius 1 is 1.21 bits per heavy atom. The minimum Gasteiger partial charge on any atom is -0.353 e. The van der Waals surface area contributed by atoms with Crippen LogP contribution in [0.15, 0.2) is 30.3 Å². The average molecular weight is 355 g/mol. The molecule has 2 rings (SSSR count). The van der Waals surface area contributed by atoms with Crippen molar-refractivity contribution in [2.45, 2.75) is 57.4 Å². The van der Waals surface area contributed by atoms with E-state index in [4.69, 9.17) is 10.3 Å². The Bertz CT molecular complexity index is 476. The highest BCUT2D eigenvalue weighted by Crippen LogP contribution is 2.17. The van der Waals surface area contributed by atoms with Crippen molar-refractivity contribution in [1.82, 2.24) is 5.32 Å². The summed E-state index contributed by atoms with van der Waals surface area (Å²) < 4.78 is 17.9. The lowest BCUT2D eigenvalue weighted by Crippen LogP contribution is -2.36. The molecule has 5 nitrogen and oxygen atoms in total. The molecule has 1 saturated carbocycles. The molecular formula is C18H30N2O3S. The van der Waals surface area contributed by atoms with Crippen molar-refractivity contribution < 1.29 is 13.6 Å². The molecule has 0 saturated heterocycles. The van der Waals surface area contributed by atoms with E-state index in [1.807, 2.05) is 18.2 Å². The van der Waals surface area contributed by atoms with Gasteiger partial charge >= 0.3 is 0 Å². The lowest BCUT2D eigenvalue weighted by molar-refractivity contribution is -0.121. The highest BCUT2D eigenvalue weighted by molar-refractivity contribution is 7.79. The summed E-state index contributed by atoms with van der Waals surface area (Å²) in [7, 11) is 0. The Labute approximate surface area is 147 Å². The van der Waals surface area contributed by atoms with Gasteiger partial charge in [0.2, 0.25) is 5.91 Å².